The lowest BCUT2D eigenvalue weighted by molar-refractivity contribution is 0.541. The van der Waals surface area contributed by atoms with Gasteiger partial charge in [0.25, 0.3) is 0 Å². The van der Waals surface area contributed by atoms with Crippen molar-refractivity contribution >= 4 is 5.83 Å². The number of rotatable bonds is 10. The van der Waals surface area contributed by atoms with Gasteiger partial charge in [-0.3, -0.25) is 0 Å². The van der Waals surface area contributed by atoms with Crippen LogP contribution in [0.1, 0.15) is 69.9 Å². The maximum absolute atomic E-state index is 14.2. The SMILES string of the molecule is CCCCC/C(F)=C(/F)c1ccc(-c2ccc(CCCCC)cc2)cc1. The molecule has 140 valence electrons. The van der Waals surface area contributed by atoms with E-state index in [1.165, 1.54) is 24.8 Å². The number of allylic oxidation sites excluding steroid dienone is 1. The smallest absolute Gasteiger partial charge is 0.161 e. The molecular weight excluding hydrogens is 326 g/mol. The average molecular weight is 357 g/mol. The first-order chi connectivity index (χ1) is 12.7. The molecule has 0 aliphatic rings. The first kappa shape index (κ1) is 20.4. The molecule has 2 aromatic carbocycles. The summed E-state index contributed by atoms with van der Waals surface area (Å²) in [7, 11) is 0. The summed E-state index contributed by atoms with van der Waals surface area (Å²) >= 11 is 0. The number of aryl methyl sites for hydroxylation is 1. The highest BCUT2D eigenvalue weighted by molar-refractivity contribution is 5.68. The molecule has 0 heterocycles. The molecule has 0 amide bonds. The van der Waals surface area contributed by atoms with Gasteiger partial charge in [0.15, 0.2) is 5.83 Å². The largest absolute Gasteiger partial charge is 0.209 e. The van der Waals surface area contributed by atoms with Crippen molar-refractivity contribution in [2.75, 3.05) is 0 Å². The highest BCUT2D eigenvalue weighted by atomic mass is 19.2. The van der Waals surface area contributed by atoms with Gasteiger partial charge in [-0.2, -0.15) is 0 Å². The molecule has 0 unspecified atom stereocenters. The second-order valence-electron chi connectivity index (χ2n) is 6.91. The van der Waals surface area contributed by atoms with Crippen LogP contribution in [0.4, 0.5) is 8.78 Å². The first-order valence-corrected chi connectivity index (χ1v) is 9.89. The lowest BCUT2D eigenvalue weighted by Gasteiger charge is -2.06. The molecule has 0 aliphatic carbocycles. The standard InChI is InChI=1S/C24H30F2/c1-3-5-7-9-19-11-13-20(14-12-19)21-15-17-22(18-16-21)24(26)23(25)10-8-6-4-2/h11-18H,3-10H2,1-2H3/b24-23-. The molecule has 0 bridgehead atoms. The topological polar surface area (TPSA) is 0 Å². The van der Waals surface area contributed by atoms with Gasteiger partial charge in [-0.25, -0.2) is 8.78 Å². The quantitative estimate of drug-likeness (QED) is 0.376. The maximum atomic E-state index is 14.2. The fraction of sp³-hybridized carbons (Fsp3) is 0.417. The van der Waals surface area contributed by atoms with Crippen LogP contribution < -0.4 is 0 Å². The van der Waals surface area contributed by atoms with Crippen LogP contribution in [-0.2, 0) is 6.42 Å². The van der Waals surface area contributed by atoms with Crippen molar-refractivity contribution in [2.45, 2.75) is 65.2 Å². The summed E-state index contributed by atoms with van der Waals surface area (Å²) in [5, 5.41) is 0. The van der Waals surface area contributed by atoms with Crippen molar-refractivity contribution in [1.29, 1.82) is 0 Å². The molecule has 0 fully saturated rings. The summed E-state index contributed by atoms with van der Waals surface area (Å²) in [6.07, 6.45) is 7.63. The van der Waals surface area contributed by atoms with Crippen molar-refractivity contribution in [1.82, 2.24) is 0 Å². The summed E-state index contributed by atoms with van der Waals surface area (Å²) in [4.78, 5) is 0. The van der Waals surface area contributed by atoms with E-state index in [2.05, 4.69) is 38.1 Å². The third-order valence-corrected chi connectivity index (χ3v) is 4.73. The zero-order valence-electron chi connectivity index (χ0n) is 16.0. The van der Waals surface area contributed by atoms with Gasteiger partial charge in [-0.1, -0.05) is 88.1 Å². The Hall–Kier alpha value is -1.96. The minimum Gasteiger partial charge on any atom is -0.209 e. The van der Waals surface area contributed by atoms with Gasteiger partial charge in [0, 0.05) is 12.0 Å². The number of hydrogen-bond acceptors (Lipinski definition) is 0. The molecule has 0 saturated carbocycles. The van der Waals surface area contributed by atoms with Gasteiger partial charge in [0.05, 0.1) is 0 Å². The van der Waals surface area contributed by atoms with Gasteiger partial charge in [-0.05, 0) is 36.0 Å². The van der Waals surface area contributed by atoms with E-state index >= 15 is 0 Å². The minimum atomic E-state index is -0.723. The Labute approximate surface area is 157 Å². The van der Waals surface area contributed by atoms with E-state index in [-0.39, 0.29) is 6.42 Å². The Bertz CT molecular complexity index is 681. The Morgan fingerprint density at radius 3 is 1.81 bits per heavy atom. The first-order valence-electron chi connectivity index (χ1n) is 9.89. The number of halogens is 2. The van der Waals surface area contributed by atoms with E-state index in [1.54, 1.807) is 12.1 Å². The average Bonchev–Trinajstić information content (AvgIpc) is 2.68. The van der Waals surface area contributed by atoms with Crippen LogP contribution in [0, 0.1) is 0 Å². The lowest BCUT2D eigenvalue weighted by Crippen LogP contribution is -1.87. The van der Waals surface area contributed by atoms with Gasteiger partial charge in [-0.15, -0.1) is 0 Å². The Morgan fingerprint density at radius 2 is 1.23 bits per heavy atom. The van der Waals surface area contributed by atoms with Crippen LogP contribution in [0.15, 0.2) is 54.4 Å². The maximum Gasteiger partial charge on any atom is 0.161 e. The van der Waals surface area contributed by atoms with Crippen LogP contribution in [-0.4, -0.2) is 0 Å². The molecule has 0 radical (unpaired) electrons. The fourth-order valence-corrected chi connectivity index (χ4v) is 3.05. The van der Waals surface area contributed by atoms with E-state index < -0.39 is 11.7 Å². The fourth-order valence-electron chi connectivity index (χ4n) is 3.05. The summed E-state index contributed by atoms with van der Waals surface area (Å²) in [5.41, 5.74) is 3.79. The van der Waals surface area contributed by atoms with Crippen molar-refractivity contribution in [2.24, 2.45) is 0 Å². The molecule has 0 saturated heterocycles. The number of unbranched alkanes of at least 4 members (excludes halogenated alkanes) is 4. The Balaban J connectivity index is 2.03. The molecular formula is C24H30F2. The molecule has 0 aliphatic heterocycles. The van der Waals surface area contributed by atoms with Crippen LogP contribution in [0.3, 0.4) is 0 Å². The van der Waals surface area contributed by atoms with E-state index in [0.717, 1.165) is 30.4 Å². The summed E-state index contributed by atoms with van der Waals surface area (Å²) in [5.74, 6) is -1.36. The predicted octanol–water partition coefficient (Wildman–Crippen LogP) is 8.27. The van der Waals surface area contributed by atoms with Gasteiger partial charge < -0.3 is 0 Å². The molecule has 0 spiro atoms. The van der Waals surface area contributed by atoms with Crippen LogP contribution in [0.25, 0.3) is 17.0 Å². The molecule has 0 atom stereocenters. The van der Waals surface area contributed by atoms with Crippen molar-refractivity contribution in [3.8, 4) is 11.1 Å². The Kier molecular flexibility index (Phi) is 8.53. The molecule has 2 rings (SSSR count). The van der Waals surface area contributed by atoms with E-state index in [0.29, 0.717) is 12.0 Å². The van der Waals surface area contributed by atoms with Crippen molar-refractivity contribution in [3.05, 3.63) is 65.5 Å². The van der Waals surface area contributed by atoms with Crippen LogP contribution in [0.5, 0.6) is 0 Å². The summed E-state index contributed by atoms with van der Waals surface area (Å²) in [6, 6.07) is 15.6. The third-order valence-electron chi connectivity index (χ3n) is 4.73. The van der Waals surface area contributed by atoms with Gasteiger partial charge >= 0.3 is 0 Å². The summed E-state index contributed by atoms with van der Waals surface area (Å²) < 4.78 is 28.1. The molecule has 0 nitrogen and oxygen atoms in total. The minimum absolute atomic E-state index is 0.181. The Morgan fingerprint density at radius 1 is 0.692 bits per heavy atom. The second-order valence-corrected chi connectivity index (χ2v) is 6.91. The number of benzene rings is 2. The van der Waals surface area contributed by atoms with Crippen molar-refractivity contribution < 1.29 is 8.78 Å². The van der Waals surface area contributed by atoms with Gasteiger partial charge in [0.2, 0.25) is 0 Å². The van der Waals surface area contributed by atoms with Crippen LogP contribution in [0.2, 0.25) is 0 Å². The highest BCUT2D eigenvalue weighted by Crippen LogP contribution is 2.28. The third kappa shape index (κ3) is 6.09. The molecule has 2 heteroatoms. The van der Waals surface area contributed by atoms with Crippen molar-refractivity contribution in [3.63, 3.8) is 0 Å². The lowest BCUT2D eigenvalue weighted by atomic mass is 10.00. The van der Waals surface area contributed by atoms with E-state index in [4.69, 9.17) is 0 Å². The van der Waals surface area contributed by atoms with E-state index in [9.17, 15) is 8.78 Å². The van der Waals surface area contributed by atoms with Crippen LogP contribution >= 0.6 is 0 Å². The normalized spacial score (nSPS) is 12.2. The molecule has 2 aromatic rings. The monoisotopic (exact) mass is 356 g/mol. The highest BCUT2D eigenvalue weighted by Gasteiger charge is 2.09. The predicted molar refractivity (Wildman–Crippen MR) is 108 cm³/mol. The molecule has 0 aromatic heterocycles. The van der Waals surface area contributed by atoms with E-state index in [1.807, 2.05) is 12.1 Å². The molecule has 0 N–H and O–H groups in total. The molecule has 26 heavy (non-hydrogen) atoms. The zero-order valence-corrected chi connectivity index (χ0v) is 16.0. The number of hydrogen-bond donors (Lipinski definition) is 0. The second kappa shape index (κ2) is 10.9. The summed E-state index contributed by atoms with van der Waals surface area (Å²) in [6.45, 7) is 4.26. The zero-order chi connectivity index (χ0) is 18.8. The van der Waals surface area contributed by atoms with Gasteiger partial charge in [0.1, 0.15) is 5.83 Å².